The van der Waals surface area contributed by atoms with Gasteiger partial charge in [-0.2, -0.15) is 0 Å². The number of rotatable bonds is 7. The summed E-state index contributed by atoms with van der Waals surface area (Å²) in [7, 11) is 0. The molecule has 0 fully saturated rings. The Bertz CT molecular complexity index is 594. The summed E-state index contributed by atoms with van der Waals surface area (Å²) >= 11 is 0. The lowest BCUT2D eigenvalue weighted by Gasteiger charge is -2.21. The number of furan rings is 1. The maximum absolute atomic E-state index is 12.2. The molecule has 22 heavy (non-hydrogen) atoms. The van der Waals surface area contributed by atoms with Crippen LogP contribution >= 0.6 is 0 Å². The van der Waals surface area contributed by atoms with Crippen molar-refractivity contribution in [2.24, 2.45) is 0 Å². The Balaban J connectivity index is 1.76. The molecule has 1 aromatic carbocycles. The van der Waals surface area contributed by atoms with Gasteiger partial charge < -0.3 is 14.6 Å². The number of hydrogen-bond donors (Lipinski definition) is 1. The zero-order chi connectivity index (χ0) is 15.8. The van der Waals surface area contributed by atoms with Crippen molar-refractivity contribution in [3.8, 4) is 0 Å². The minimum Gasteiger partial charge on any atom is -0.459 e. The van der Waals surface area contributed by atoms with Gasteiger partial charge in [-0.05, 0) is 37.6 Å². The lowest BCUT2D eigenvalue weighted by Crippen LogP contribution is -2.31. The molecule has 0 aliphatic heterocycles. The van der Waals surface area contributed by atoms with Crippen LogP contribution in [0.3, 0.4) is 0 Å². The molecule has 0 saturated heterocycles. The largest absolute Gasteiger partial charge is 0.459 e. The van der Waals surface area contributed by atoms with Crippen LogP contribution in [0.1, 0.15) is 30.3 Å². The number of carbonyl (C=O) groups excluding carboxylic acids is 2. The van der Waals surface area contributed by atoms with E-state index in [1.54, 1.807) is 17.0 Å². The van der Waals surface area contributed by atoms with Gasteiger partial charge in [0.15, 0.2) is 5.76 Å². The smallest absolute Gasteiger partial charge is 0.286 e. The molecule has 1 N–H and O–H groups in total. The van der Waals surface area contributed by atoms with Crippen molar-refractivity contribution in [1.29, 1.82) is 0 Å². The van der Waals surface area contributed by atoms with Gasteiger partial charge in [-0.25, -0.2) is 0 Å². The normalized spacial score (nSPS) is 10.2. The number of benzene rings is 1. The number of amides is 2. The van der Waals surface area contributed by atoms with Crippen LogP contribution in [0.15, 0.2) is 53.1 Å². The molecule has 0 unspecified atom stereocenters. The van der Waals surface area contributed by atoms with Crippen LogP contribution in [0.2, 0.25) is 0 Å². The van der Waals surface area contributed by atoms with Crippen molar-refractivity contribution in [3.05, 3.63) is 54.5 Å². The highest BCUT2D eigenvalue weighted by Gasteiger charge is 2.13. The molecule has 0 atom stereocenters. The molecule has 0 radical (unpaired) electrons. The fraction of sp³-hybridized carbons (Fsp3) is 0.294. The number of nitrogens with one attached hydrogen (secondary N) is 1. The lowest BCUT2D eigenvalue weighted by molar-refractivity contribution is -0.118. The number of anilines is 1. The van der Waals surface area contributed by atoms with Crippen LogP contribution in [0.4, 0.5) is 5.69 Å². The molecule has 0 aliphatic carbocycles. The Morgan fingerprint density at radius 1 is 1.14 bits per heavy atom. The molecular weight excluding hydrogens is 280 g/mol. The van der Waals surface area contributed by atoms with E-state index in [1.165, 1.54) is 6.26 Å². The van der Waals surface area contributed by atoms with E-state index >= 15 is 0 Å². The van der Waals surface area contributed by atoms with E-state index in [9.17, 15) is 9.59 Å². The fourth-order valence-electron chi connectivity index (χ4n) is 2.18. The summed E-state index contributed by atoms with van der Waals surface area (Å²) in [6.45, 7) is 3.02. The van der Waals surface area contributed by atoms with Gasteiger partial charge >= 0.3 is 0 Å². The number of nitrogens with zero attached hydrogens (tertiary/aromatic N) is 1. The summed E-state index contributed by atoms with van der Waals surface area (Å²) in [6.07, 6.45) is 2.44. The van der Waals surface area contributed by atoms with Gasteiger partial charge in [0.05, 0.1) is 6.26 Å². The van der Waals surface area contributed by atoms with Crippen molar-refractivity contribution >= 4 is 17.5 Å². The van der Waals surface area contributed by atoms with Gasteiger partial charge in [0.2, 0.25) is 5.91 Å². The third-order valence-corrected chi connectivity index (χ3v) is 3.28. The van der Waals surface area contributed by atoms with E-state index in [0.717, 1.165) is 5.69 Å². The highest BCUT2D eigenvalue weighted by atomic mass is 16.3. The quantitative estimate of drug-likeness (QED) is 0.800. The van der Waals surface area contributed by atoms with Crippen molar-refractivity contribution < 1.29 is 14.0 Å². The second-order valence-electron chi connectivity index (χ2n) is 4.81. The van der Waals surface area contributed by atoms with Crippen LogP contribution in [-0.2, 0) is 4.79 Å². The summed E-state index contributed by atoms with van der Waals surface area (Å²) in [6, 6.07) is 12.8. The predicted molar refractivity (Wildman–Crippen MR) is 84.7 cm³/mol. The second-order valence-corrected chi connectivity index (χ2v) is 4.81. The number of carbonyl (C=O) groups is 2. The molecule has 0 bridgehead atoms. The number of para-hydroxylation sites is 1. The molecule has 0 saturated carbocycles. The third-order valence-electron chi connectivity index (χ3n) is 3.28. The monoisotopic (exact) mass is 300 g/mol. The van der Waals surface area contributed by atoms with Gasteiger partial charge in [-0.15, -0.1) is 0 Å². The number of hydrogen-bond acceptors (Lipinski definition) is 3. The van der Waals surface area contributed by atoms with Gasteiger partial charge in [0.25, 0.3) is 5.91 Å². The molecule has 5 nitrogen and oxygen atoms in total. The summed E-state index contributed by atoms with van der Waals surface area (Å²) in [5, 5.41) is 2.73. The summed E-state index contributed by atoms with van der Waals surface area (Å²) < 4.78 is 5.00. The highest BCUT2D eigenvalue weighted by Crippen LogP contribution is 2.14. The Kier molecular flexibility index (Phi) is 5.77. The molecule has 2 aromatic rings. The van der Waals surface area contributed by atoms with Gasteiger partial charge in [0.1, 0.15) is 0 Å². The first kappa shape index (κ1) is 15.8. The molecule has 0 spiro atoms. The van der Waals surface area contributed by atoms with Crippen molar-refractivity contribution in [2.75, 3.05) is 18.0 Å². The molecule has 2 amide bonds. The van der Waals surface area contributed by atoms with E-state index in [2.05, 4.69) is 5.32 Å². The van der Waals surface area contributed by atoms with E-state index in [0.29, 0.717) is 25.9 Å². The summed E-state index contributed by atoms with van der Waals surface area (Å²) in [5.41, 5.74) is 0.898. The minimum absolute atomic E-state index is 0.0564. The zero-order valence-electron chi connectivity index (χ0n) is 12.6. The zero-order valence-corrected chi connectivity index (χ0v) is 12.6. The van der Waals surface area contributed by atoms with Gasteiger partial charge in [-0.3, -0.25) is 9.59 Å². The molecule has 1 heterocycles. The minimum atomic E-state index is -0.257. The summed E-state index contributed by atoms with van der Waals surface area (Å²) in [5.74, 6) is 0.0830. The average molecular weight is 300 g/mol. The molecule has 2 rings (SSSR count). The third kappa shape index (κ3) is 4.22. The first-order valence-corrected chi connectivity index (χ1v) is 7.39. The van der Waals surface area contributed by atoms with Crippen LogP contribution in [0.25, 0.3) is 0 Å². The van der Waals surface area contributed by atoms with E-state index < -0.39 is 0 Å². The Morgan fingerprint density at radius 2 is 1.91 bits per heavy atom. The van der Waals surface area contributed by atoms with Gasteiger partial charge in [-0.1, -0.05) is 18.2 Å². The van der Waals surface area contributed by atoms with E-state index in [-0.39, 0.29) is 17.6 Å². The second kappa shape index (κ2) is 8.02. The predicted octanol–water partition coefficient (Wildman–Crippen LogP) is 2.84. The summed E-state index contributed by atoms with van der Waals surface area (Å²) in [4.78, 5) is 25.6. The van der Waals surface area contributed by atoms with Crippen molar-refractivity contribution in [1.82, 2.24) is 5.32 Å². The van der Waals surface area contributed by atoms with Crippen LogP contribution < -0.4 is 10.2 Å². The van der Waals surface area contributed by atoms with Gasteiger partial charge in [0, 0.05) is 25.2 Å². The Hall–Kier alpha value is -2.56. The molecule has 5 heteroatoms. The Labute approximate surface area is 129 Å². The molecule has 116 valence electrons. The van der Waals surface area contributed by atoms with Crippen molar-refractivity contribution in [3.63, 3.8) is 0 Å². The fourth-order valence-corrected chi connectivity index (χ4v) is 2.18. The maximum Gasteiger partial charge on any atom is 0.286 e. The SMILES string of the molecule is CCN(C(=O)CCCNC(=O)c1ccco1)c1ccccc1. The lowest BCUT2D eigenvalue weighted by atomic mass is 10.2. The van der Waals surface area contributed by atoms with Crippen molar-refractivity contribution in [2.45, 2.75) is 19.8 Å². The van der Waals surface area contributed by atoms with E-state index in [4.69, 9.17) is 4.42 Å². The van der Waals surface area contributed by atoms with Crippen LogP contribution in [0, 0.1) is 0 Å². The molecule has 0 aliphatic rings. The first-order chi connectivity index (χ1) is 10.7. The standard InChI is InChI=1S/C17H20N2O3/c1-2-19(14-8-4-3-5-9-14)16(20)11-6-12-18-17(21)15-10-7-13-22-15/h3-5,7-10,13H,2,6,11-12H2,1H3,(H,18,21). The topological polar surface area (TPSA) is 62.6 Å². The van der Waals surface area contributed by atoms with Crippen LogP contribution in [-0.4, -0.2) is 24.9 Å². The van der Waals surface area contributed by atoms with Crippen LogP contribution in [0.5, 0.6) is 0 Å². The molecular formula is C17H20N2O3. The first-order valence-electron chi connectivity index (χ1n) is 7.39. The molecule has 1 aromatic heterocycles. The van der Waals surface area contributed by atoms with E-state index in [1.807, 2.05) is 37.3 Å². The maximum atomic E-state index is 12.2. The Morgan fingerprint density at radius 3 is 2.55 bits per heavy atom. The highest BCUT2D eigenvalue weighted by molar-refractivity contribution is 5.93. The average Bonchev–Trinajstić information content (AvgIpc) is 3.07.